The highest BCUT2D eigenvalue weighted by Gasteiger charge is 2.51. The molecule has 0 unspecified atom stereocenters. The van der Waals surface area contributed by atoms with E-state index in [1.807, 2.05) is 0 Å². The van der Waals surface area contributed by atoms with Crippen LogP contribution in [0.2, 0.25) is 0 Å². The van der Waals surface area contributed by atoms with E-state index >= 15 is 0 Å². The minimum absolute atomic E-state index is 0.503. The van der Waals surface area contributed by atoms with Gasteiger partial charge in [-0.2, -0.15) is 0 Å². The van der Waals surface area contributed by atoms with E-state index in [9.17, 15) is 0 Å². The molecule has 10 rings (SSSR count). The molecule has 1 aromatic heterocycles. The monoisotopic (exact) mass is 611 g/mol. The van der Waals surface area contributed by atoms with Gasteiger partial charge in [0.25, 0.3) is 0 Å². The number of nitrogens with zero attached hydrogens (tertiary/aromatic N) is 3. The minimum Gasteiger partial charge on any atom is -0.310 e. The highest BCUT2D eigenvalue weighted by Crippen LogP contribution is 2.63. The largest absolute Gasteiger partial charge is 0.310 e. The molecule has 3 heteroatoms. The molecule has 0 N–H and O–H groups in total. The molecule has 0 saturated carbocycles. The number of hydrogen-bond donors (Lipinski definition) is 0. The van der Waals surface area contributed by atoms with Crippen LogP contribution in [0.5, 0.6) is 0 Å². The van der Waals surface area contributed by atoms with Crippen LogP contribution in [-0.4, -0.2) is 10.2 Å². The van der Waals surface area contributed by atoms with Crippen molar-refractivity contribution in [1.82, 2.24) is 10.2 Å². The molecule has 0 saturated heterocycles. The van der Waals surface area contributed by atoms with Gasteiger partial charge in [0.15, 0.2) is 0 Å². The second-order valence-electron chi connectivity index (χ2n) is 12.6. The van der Waals surface area contributed by atoms with Crippen LogP contribution < -0.4 is 4.90 Å². The zero-order valence-electron chi connectivity index (χ0n) is 26.1. The van der Waals surface area contributed by atoms with Gasteiger partial charge in [0.1, 0.15) is 0 Å². The Bertz CT molecular complexity index is 2470. The Balaban J connectivity index is 1.22. The zero-order chi connectivity index (χ0) is 31.7. The van der Waals surface area contributed by atoms with Crippen molar-refractivity contribution in [2.75, 3.05) is 4.90 Å². The van der Waals surface area contributed by atoms with E-state index in [1.165, 1.54) is 49.8 Å². The van der Waals surface area contributed by atoms with Crippen molar-refractivity contribution in [3.8, 4) is 33.6 Å². The minimum atomic E-state index is -0.503. The third-order valence-corrected chi connectivity index (χ3v) is 10.2. The number of para-hydroxylation sites is 2. The van der Waals surface area contributed by atoms with E-state index in [0.29, 0.717) is 0 Å². The molecule has 0 atom stereocenters. The maximum Gasteiger partial charge on any atom is 0.0936 e. The maximum atomic E-state index is 4.84. The van der Waals surface area contributed by atoms with Crippen LogP contribution in [0, 0.1) is 0 Å². The first-order valence-corrected chi connectivity index (χ1v) is 16.4. The lowest BCUT2D eigenvalue weighted by molar-refractivity contribution is 0.753. The summed E-state index contributed by atoms with van der Waals surface area (Å²) in [6.07, 6.45) is 0. The van der Waals surface area contributed by atoms with E-state index in [2.05, 4.69) is 181 Å². The van der Waals surface area contributed by atoms with Crippen LogP contribution in [0.15, 0.2) is 176 Å². The molecule has 1 aliphatic carbocycles. The number of rotatable bonds is 3. The van der Waals surface area contributed by atoms with Crippen molar-refractivity contribution in [1.29, 1.82) is 0 Å². The van der Waals surface area contributed by atoms with Crippen LogP contribution in [0.1, 0.15) is 22.3 Å². The standard InChI is InChI=1S/C45H29N3/c1-2-15-32(16-3-1)48-43-24-11-10-23-39(43)45(37-21-8-6-18-34(37)35-19-7-9-22-38(35)45)40-29-31(25-28-44(40)48)41-26-27-42(47-46-41)36-20-12-14-30-13-4-5-17-33(30)36/h1-29H. The third kappa shape index (κ3) is 3.70. The quantitative estimate of drug-likeness (QED) is 0.199. The fourth-order valence-corrected chi connectivity index (χ4v) is 8.20. The summed E-state index contributed by atoms with van der Waals surface area (Å²) in [5, 5.41) is 12.0. The molecule has 2 heterocycles. The van der Waals surface area contributed by atoms with Crippen LogP contribution in [0.3, 0.4) is 0 Å². The van der Waals surface area contributed by atoms with Crippen LogP contribution in [0.25, 0.3) is 44.4 Å². The molecular formula is C45H29N3. The Kier molecular flexibility index (Phi) is 5.79. The molecule has 0 bridgehead atoms. The number of benzene rings is 7. The van der Waals surface area contributed by atoms with Crippen molar-refractivity contribution in [3.05, 3.63) is 198 Å². The Hall–Kier alpha value is -6.32. The normalized spacial score (nSPS) is 13.5. The fraction of sp³-hybridized carbons (Fsp3) is 0.0222. The Morgan fingerprint density at radius 3 is 1.75 bits per heavy atom. The Labute approximate surface area is 279 Å². The molecule has 3 nitrogen and oxygen atoms in total. The van der Waals surface area contributed by atoms with E-state index in [0.717, 1.165) is 33.9 Å². The fourth-order valence-electron chi connectivity index (χ4n) is 8.20. The molecule has 0 fully saturated rings. The van der Waals surface area contributed by atoms with Crippen molar-refractivity contribution < 1.29 is 0 Å². The predicted octanol–water partition coefficient (Wildman–Crippen LogP) is 11.1. The van der Waals surface area contributed by atoms with Crippen molar-refractivity contribution in [3.63, 3.8) is 0 Å². The number of hydrogen-bond acceptors (Lipinski definition) is 3. The average molecular weight is 612 g/mol. The van der Waals surface area contributed by atoms with Crippen LogP contribution in [0.4, 0.5) is 17.1 Å². The topological polar surface area (TPSA) is 29.0 Å². The van der Waals surface area contributed by atoms with Gasteiger partial charge in [0.2, 0.25) is 0 Å². The van der Waals surface area contributed by atoms with E-state index < -0.39 is 5.41 Å². The van der Waals surface area contributed by atoms with Gasteiger partial charge in [-0.1, -0.05) is 133 Å². The van der Waals surface area contributed by atoms with Gasteiger partial charge >= 0.3 is 0 Å². The van der Waals surface area contributed by atoms with Crippen molar-refractivity contribution >= 4 is 27.8 Å². The molecule has 1 aliphatic heterocycles. The number of fused-ring (bicyclic) bond motifs is 10. The van der Waals surface area contributed by atoms with Gasteiger partial charge in [0.05, 0.1) is 28.2 Å². The summed E-state index contributed by atoms with van der Waals surface area (Å²) in [7, 11) is 0. The van der Waals surface area contributed by atoms with Gasteiger partial charge in [-0.15, -0.1) is 10.2 Å². The molecule has 1 spiro atoms. The smallest absolute Gasteiger partial charge is 0.0936 e. The van der Waals surface area contributed by atoms with Gasteiger partial charge in [-0.25, -0.2) is 0 Å². The summed E-state index contributed by atoms with van der Waals surface area (Å²) in [6.45, 7) is 0. The maximum absolute atomic E-state index is 4.84. The molecule has 0 amide bonds. The lowest BCUT2D eigenvalue weighted by Crippen LogP contribution is -2.36. The van der Waals surface area contributed by atoms with Gasteiger partial charge in [0, 0.05) is 16.8 Å². The SMILES string of the molecule is c1ccc(N2c3ccccc3C3(c4ccccc4-c4ccccc43)c3cc(-c4ccc(-c5cccc6ccccc56)nn4)ccc32)cc1. The first kappa shape index (κ1) is 26.9. The molecule has 0 radical (unpaired) electrons. The lowest BCUT2D eigenvalue weighted by Gasteiger charge is -2.45. The summed E-state index contributed by atoms with van der Waals surface area (Å²) in [4.78, 5) is 2.42. The summed E-state index contributed by atoms with van der Waals surface area (Å²) < 4.78 is 0. The summed E-state index contributed by atoms with van der Waals surface area (Å²) in [6, 6.07) is 63.3. The average Bonchev–Trinajstić information content (AvgIpc) is 3.46. The van der Waals surface area contributed by atoms with Gasteiger partial charge < -0.3 is 4.90 Å². The highest BCUT2D eigenvalue weighted by molar-refractivity contribution is 5.97. The van der Waals surface area contributed by atoms with Crippen LogP contribution >= 0.6 is 0 Å². The third-order valence-electron chi connectivity index (χ3n) is 10.2. The molecule has 2 aliphatic rings. The van der Waals surface area contributed by atoms with Gasteiger partial charge in [-0.05, 0) is 86.6 Å². The lowest BCUT2D eigenvalue weighted by atomic mass is 9.64. The molecule has 224 valence electrons. The first-order chi connectivity index (χ1) is 23.8. The molecule has 7 aromatic carbocycles. The zero-order valence-corrected chi connectivity index (χ0v) is 26.1. The Morgan fingerprint density at radius 1 is 0.396 bits per heavy atom. The van der Waals surface area contributed by atoms with Gasteiger partial charge in [-0.3, -0.25) is 0 Å². The Morgan fingerprint density at radius 2 is 0.979 bits per heavy atom. The highest BCUT2D eigenvalue weighted by atomic mass is 15.2. The van der Waals surface area contributed by atoms with E-state index in [1.54, 1.807) is 0 Å². The van der Waals surface area contributed by atoms with Crippen molar-refractivity contribution in [2.45, 2.75) is 5.41 Å². The summed E-state index contributed by atoms with van der Waals surface area (Å²) in [5.41, 5.74) is 14.5. The molecule has 48 heavy (non-hydrogen) atoms. The second kappa shape index (κ2) is 10.3. The summed E-state index contributed by atoms with van der Waals surface area (Å²) >= 11 is 0. The second-order valence-corrected chi connectivity index (χ2v) is 12.6. The summed E-state index contributed by atoms with van der Waals surface area (Å²) in [5.74, 6) is 0. The van der Waals surface area contributed by atoms with Crippen LogP contribution in [-0.2, 0) is 5.41 Å². The van der Waals surface area contributed by atoms with Crippen molar-refractivity contribution in [2.24, 2.45) is 0 Å². The van der Waals surface area contributed by atoms with E-state index in [-0.39, 0.29) is 0 Å². The molecular weight excluding hydrogens is 583 g/mol. The number of anilines is 3. The predicted molar refractivity (Wildman–Crippen MR) is 196 cm³/mol. The number of aromatic nitrogens is 2. The first-order valence-electron chi connectivity index (χ1n) is 16.4. The van der Waals surface area contributed by atoms with E-state index in [4.69, 9.17) is 10.2 Å². The molecule has 8 aromatic rings.